The van der Waals surface area contributed by atoms with Crippen LogP contribution in [0.25, 0.3) is 0 Å². The Labute approximate surface area is 121 Å². The van der Waals surface area contributed by atoms with Crippen LogP contribution in [-0.2, 0) is 6.18 Å². The first-order chi connectivity index (χ1) is 9.25. The number of halogens is 4. The first-order valence-corrected chi connectivity index (χ1v) is 6.34. The number of hydrogen-bond acceptors (Lipinski definition) is 3. The Morgan fingerprint density at radius 1 is 1.20 bits per heavy atom. The first-order valence-electron chi connectivity index (χ1n) is 5.54. The van der Waals surface area contributed by atoms with Gasteiger partial charge in [0.1, 0.15) is 11.6 Å². The molecule has 106 valence electrons. The van der Waals surface area contributed by atoms with Gasteiger partial charge in [0.15, 0.2) is 0 Å². The maximum absolute atomic E-state index is 12.7. The summed E-state index contributed by atoms with van der Waals surface area (Å²) in [4.78, 5) is 3.74. The monoisotopic (exact) mass is 346 g/mol. The summed E-state index contributed by atoms with van der Waals surface area (Å²) >= 11 is 3.32. The summed E-state index contributed by atoms with van der Waals surface area (Å²) in [6.07, 6.45) is -4.50. The lowest BCUT2D eigenvalue weighted by Crippen LogP contribution is -2.07. The summed E-state index contributed by atoms with van der Waals surface area (Å²) in [6, 6.07) is 6.62. The average molecular weight is 347 g/mol. The Bertz CT molecular complexity index is 644. The lowest BCUT2D eigenvalue weighted by molar-refractivity contribution is -0.137. The van der Waals surface area contributed by atoms with E-state index in [0.717, 1.165) is 22.2 Å². The largest absolute Gasteiger partial charge is 0.439 e. The summed E-state index contributed by atoms with van der Waals surface area (Å²) in [5.41, 5.74) is 5.36. The fourth-order valence-electron chi connectivity index (χ4n) is 1.54. The van der Waals surface area contributed by atoms with Gasteiger partial charge in [0.05, 0.1) is 5.56 Å². The molecule has 2 N–H and O–H groups in total. The van der Waals surface area contributed by atoms with E-state index in [9.17, 15) is 13.2 Å². The second-order valence-corrected chi connectivity index (χ2v) is 4.98. The molecule has 2 aromatic rings. The van der Waals surface area contributed by atoms with Crippen LogP contribution in [0.4, 0.5) is 19.0 Å². The zero-order chi connectivity index (χ0) is 14.9. The molecule has 0 aliphatic carbocycles. The number of nitrogens with zero attached hydrogens (tertiary/aromatic N) is 1. The Kier molecular flexibility index (Phi) is 3.89. The number of anilines is 1. The van der Waals surface area contributed by atoms with Gasteiger partial charge in [-0.05, 0) is 36.8 Å². The van der Waals surface area contributed by atoms with Gasteiger partial charge < -0.3 is 10.5 Å². The number of alkyl halides is 3. The topological polar surface area (TPSA) is 48.1 Å². The zero-order valence-corrected chi connectivity index (χ0v) is 11.9. The standard InChI is InChI=1S/C13H10BrF3N2O/c1-7-4-9(2-3-10(7)14)20-12-6-8(13(15,16)17)5-11(18)19-12/h2-6H,1H3,(H2,18,19). The molecule has 1 aromatic heterocycles. The summed E-state index contributed by atoms with van der Waals surface area (Å²) in [7, 11) is 0. The third-order valence-electron chi connectivity index (χ3n) is 2.50. The number of hydrogen-bond donors (Lipinski definition) is 1. The van der Waals surface area contributed by atoms with Gasteiger partial charge in [0, 0.05) is 10.5 Å². The lowest BCUT2D eigenvalue weighted by atomic mass is 10.2. The third-order valence-corrected chi connectivity index (χ3v) is 3.39. The van der Waals surface area contributed by atoms with E-state index in [-0.39, 0.29) is 11.7 Å². The van der Waals surface area contributed by atoms with Crippen molar-refractivity contribution in [3.8, 4) is 11.6 Å². The van der Waals surface area contributed by atoms with Gasteiger partial charge in [0.2, 0.25) is 5.88 Å². The number of benzene rings is 1. The molecule has 0 aliphatic rings. The highest BCUT2D eigenvalue weighted by atomic mass is 79.9. The van der Waals surface area contributed by atoms with Crippen molar-refractivity contribution < 1.29 is 17.9 Å². The molecule has 0 bridgehead atoms. The van der Waals surface area contributed by atoms with E-state index in [4.69, 9.17) is 10.5 Å². The third kappa shape index (κ3) is 3.41. The Balaban J connectivity index is 2.33. The van der Waals surface area contributed by atoms with E-state index in [2.05, 4.69) is 20.9 Å². The maximum Gasteiger partial charge on any atom is 0.416 e. The minimum Gasteiger partial charge on any atom is -0.439 e. The van der Waals surface area contributed by atoms with Gasteiger partial charge in [-0.25, -0.2) is 0 Å². The van der Waals surface area contributed by atoms with Crippen molar-refractivity contribution in [3.63, 3.8) is 0 Å². The molecule has 0 atom stereocenters. The fraction of sp³-hybridized carbons (Fsp3) is 0.154. The van der Waals surface area contributed by atoms with Crippen molar-refractivity contribution >= 4 is 21.7 Å². The minimum absolute atomic E-state index is 0.195. The van der Waals surface area contributed by atoms with Crippen molar-refractivity contribution in [2.75, 3.05) is 5.73 Å². The molecular formula is C13H10BrF3N2O. The van der Waals surface area contributed by atoms with Gasteiger partial charge in [-0.1, -0.05) is 15.9 Å². The van der Waals surface area contributed by atoms with Gasteiger partial charge in [0.25, 0.3) is 0 Å². The molecule has 0 radical (unpaired) electrons. The smallest absolute Gasteiger partial charge is 0.416 e. The quantitative estimate of drug-likeness (QED) is 0.867. The molecule has 0 unspecified atom stereocenters. The SMILES string of the molecule is Cc1cc(Oc2cc(C(F)(F)F)cc(N)n2)ccc1Br. The van der Waals surface area contributed by atoms with Crippen LogP contribution in [0.2, 0.25) is 0 Å². The van der Waals surface area contributed by atoms with Crippen molar-refractivity contribution in [3.05, 3.63) is 45.9 Å². The summed E-state index contributed by atoms with van der Waals surface area (Å²) in [6.45, 7) is 1.84. The number of nitrogen functional groups attached to an aromatic ring is 1. The number of aromatic nitrogens is 1. The molecule has 20 heavy (non-hydrogen) atoms. The van der Waals surface area contributed by atoms with Crippen molar-refractivity contribution in [1.29, 1.82) is 0 Å². The Morgan fingerprint density at radius 2 is 1.90 bits per heavy atom. The lowest BCUT2D eigenvalue weighted by Gasteiger charge is -2.11. The van der Waals surface area contributed by atoms with Gasteiger partial charge >= 0.3 is 6.18 Å². The molecule has 0 fully saturated rings. The van der Waals surface area contributed by atoms with E-state index in [1.54, 1.807) is 18.2 Å². The predicted molar refractivity (Wildman–Crippen MR) is 72.6 cm³/mol. The second kappa shape index (κ2) is 5.32. The highest BCUT2D eigenvalue weighted by molar-refractivity contribution is 9.10. The van der Waals surface area contributed by atoms with Crippen LogP contribution in [0.15, 0.2) is 34.8 Å². The summed E-state index contributed by atoms with van der Waals surface area (Å²) < 4.78 is 44.2. The molecule has 0 amide bonds. The average Bonchev–Trinajstić information content (AvgIpc) is 2.32. The van der Waals surface area contributed by atoms with Gasteiger partial charge in [-0.15, -0.1) is 0 Å². The van der Waals surface area contributed by atoms with Gasteiger partial charge in [-0.2, -0.15) is 18.2 Å². The van der Waals surface area contributed by atoms with Crippen LogP contribution in [0.3, 0.4) is 0 Å². The molecule has 3 nitrogen and oxygen atoms in total. The van der Waals surface area contributed by atoms with Crippen LogP contribution in [0, 0.1) is 6.92 Å². The van der Waals surface area contributed by atoms with Crippen LogP contribution < -0.4 is 10.5 Å². The van der Waals surface area contributed by atoms with Crippen LogP contribution in [0.5, 0.6) is 11.6 Å². The van der Waals surface area contributed by atoms with Crippen LogP contribution in [0.1, 0.15) is 11.1 Å². The molecule has 0 saturated heterocycles. The summed E-state index contributed by atoms with van der Waals surface area (Å²) in [5, 5.41) is 0. The summed E-state index contributed by atoms with van der Waals surface area (Å²) in [5.74, 6) is -0.0559. The number of aryl methyl sites for hydroxylation is 1. The van der Waals surface area contributed by atoms with E-state index in [1.165, 1.54) is 0 Å². The van der Waals surface area contributed by atoms with Crippen molar-refractivity contribution in [1.82, 2.24) is 4.98 Å². The van der Waals surface area contributed by atoms with Crippen LogP contribution in [-0.4, -0.2) is 4.98 Å². The number of nitrogens with two attached hydrogens (primary N) is 1. The molecule has 0 aliphatic heterocycles. The van der Waals surface area contributed by atoms with E-state index >= 15 is 0 Å². The number of pyridine rings is 1. The first kappa shape index (κ1) is 14.6. The highest BCUT2D eigenvalue weighted by Gasteiger charge is 2.31. The Morgan fingerprint density at radius 3 is 2.50 bits per heavy atom. The molecule has 7 heteroatoms. The molecule has 0 spiro atoms. The van der Waals surface area contributed by atoms with E-state index in [1.807, 2.05) is 6.92 Å². The Hall–Kier alpha value is -1.76. The van der Waals surface area contributed by atoms with Crippen molar-refractivity contribution in [2.45, 2.75) is 13.1 Å². The molecule has 0 saturated carbocycles. The second-order valence-electron chi connectivity index (χ2n) is 4.13. The van der Waals surface area contributed by atoms with E-state index in [0.29, 0.717) is 5.75 Å². The highest BCUT2D eigenvalue weighted by Crippen LogP contribution is 2.33. The fourth-order valence-corrected chi connectivity index (χ4v) is 1.79. The number of ether oxygens (including phenoxy) is 1. The van der Waals surface area contributed by atoms with E-state index < -0.39 is 11.7 Å². The molecule has 1 aromatic carbocycles. The molecule has 1 heterocycles. The van der Waals surface area contributed by atoms with Crippen molar-refractivity contribution in [2.24, 2.45) is 0 Å². The maximum atomic E-state index is 12.7. The molecular weight excluding hydrogens is 337 g/mol. The predicted octanol–water partition coefficient (Wildman–Crippen LogP) is 4.55. The van der Waals surface area contributed by atoms with Crippen LogP contribution >= 0.6 is 15.9 Å². The normalized spacial score (nSPS) is 11.4. The molecule has 2 rings (SSSR count). The van der Waals surface area contributed by atoms with Gasteiger partial charge in [-0.3, -0.25) is 0 Å². The minimum atomic E-state index is -4.50. The number of rotatable bonds is 2. The zero-order valence-electron chi connectivity index (χ0n) is 10.3.